The first-order chi connectivity index (χ1) is 23.1. The van der Waals surface area contributed by atoms with Crippen LogP contribution < -0.4 is 4.90 Å². The molecule has 47 heavy (non-hydrogen) atoms. The highest BCUT2D eigenvalue weighted by Gasteiger charge is 2.44. The second-order valence-corrected chi connectivity index (χ2v) is 14.2. The smallest absolute Gasteiger partial charge is 0.0629 e. The largest absolute Gasteiger partial charge is 0.333 e. The Bertz CT molecular complexity index is 2360. The number of allylic oxidation sites excluding steroid dienone is 6. The third-order valence-corrected chi connectivity index (χ3v) is 11.4. The van der Waals surface area contributed by atoms with Crippen LogP contribution in [0.5, 0.6) is 0 Å². The molecule has 0 saturated carbocycles. The van der Waals surface area contributed by atoms with Crippen molar-refractivity contribution < 1.29 is 0 Å². The number of nitrogens with zero attached hydrogens (tertiary/aromatic N) is 2. The van der Waals surface area contributed by atoms with E-state index >= 15 is 0 Å². The van der Waals surface area contributed by atoms with E-state index in [1.165, 1.54) is 66.7 Å². The van der Waals surface area contributed by atoms with Gasteiger partial charge in [0.1, 0.15) is 0 Å². The van der Waals surface area contributed by atoms with Crippen molar-refractivity contribution >= 4 is 33.2 Å². The predicted octanol–water partition coefficient (Wildman–Crippen LogP) is 11.3. The molecule has 0 fully saturated rings. The van der Waals surface area contributed by atoms with Crippen LogP contribution in [0.3, 0.4) is 0 Å². The zero-order valence-corrected chi connectivity index (χ0v) is 26.7. The molecule has 2 nitrogen and oxygen atoms in total. The molecule has 1 aliphatic heterocycles. The van der Waals surface area contributed by atoms with Gasteiger partial charge in [-0.15, -0.1) is 0 Å². The summed E-state index contributed by atoms with van der Waals surface area (Å²) in [5.41, 5.74) is 13.2. The van der Waals surface area contributed by atoms with Crippen LogP contribution in [0.1, 0.15) is 42.4 Å². The van der Waals surface area contributed by atoms with E-state index in [1.54, 1.807) is 0 Å². The van der Waals surface area contributed by atoms with E-state index in [1.807, 2.05) is 0 Å². The van der Waals surface area contributed by atoms with Gasteiger partial charge in [-0.25, -0.2) is 0 Å². The molecule has 6 aromatic rings. The van der Waals surface area contributed by atoms with Gasteiger partial charge >= 0.3 is 0 Å². The standard InChI is InChI=1S/C45H36N2/c1-45(2)39-17-9-6-14-33(39)34-23-22-32(28-40(34)45)47-42-19-11-8-16-36(42)38-27-30(21-25-44(38)47)29-20-24-43-37(26-29)35-15-7-10-18-41(35)46(43)31-12-4-3-5-13-31/h3-28,33,35,39,41H,1-2H3. The number of fused-ring (bicyclic) bond motifs is 9. The molecular formula is C45H36N2. The number of aromatic nitrogens is 1. The Morgan fingerprint density at radius 2 is 1.26 bits per heavy atom. The topological polar surface area (TPSA) is 8.17 Å². The first-order valence-corrected chi connectivity index (χ1v) is 16.9. The molecule has 0 spiro atoms. The molecule has 4 unspecified atom stereocenters. The Labute approximate surface area is 276 Å². The van der Waals surface area contributed by atoms with Crippen molar-refractivity contribution in [2.24, 2.45) is 5.92 Å². The normalized spacial score (nSPS) is 22.9. The van der Waals surface area contributed by atoms with Gasteiger partial charge in [-0.2, -0.15) is 0 Å². The molecule has 226 valence electrons. The zero-order valence-electron chi connectivity index (χ0n) is 26.7. The van der Waals surface area contributed by atoms with E-state index in [4.69, 9.17) is 0 Å². The van der Waals surface area contributed by atoms with Gasteiger partial charge in [0.15, 0.2) is 0 Å². The third kappa shape index (κ3) is 3.79. The van der Waals surface area contributed by atoms with Gasteiger partial charge in [-0.1, -0.05) is 117 Å². The molecule has 0 bridgehead atoms. The molecule has 0 N–H and O–H groups in total. The average Bonchev–Trinajstić information content (AvgIpc) is 3.71. The van der Waals surface area contributed by atoms with Crippen LogP contribution in [0.15, 0.2) is 158 Å². The highest BCUT2D eigenvalue weighted by atomic mass is 15.2. The van der Waals surface area contributed by atoms with Crippen LogP contribution in [-0.2, 0) is 5.41 Å². The van der Waals surface area contributed by atoms with Crippen molar-refractivity contribution in [3.05, 3.63) is 174 Å². The Kier molecular flexibility index (Phi) is 5.61. The van der Waals surface area contributed by atoms with Crippen LogP contribution in [0.2, 0.25) is 0 Å². The Morgan fingerprint density at radius 1 is 0.532 bits per heavy atom. The minimum absolute atomic E-state index is 0.0786. The van der Waals surface area contributed by atoms with Crippen molar-refractivity contribution in [3.63, 3.8) is 0 Å². The monoisotopic (exact) mass is 604 g/mol. The number of hydrogen-bond donors (Lipinski definition) is 0. The summed E-state index contributed by atoms with van der Waals surface area (Å²) < 4.78 is 2.47. The maximum absolute atomic E-state index is 2.50. The molecule has 2 heteroatoms. The maximum atomic E-state index is 2.50. The average molecular weight is 605 g/mol. The zero-order chi connectivity index (χ0) is 31.3. The van der Waals surface area contributed by atoms with E-state index < -0.39 is 0 Å². The highest BCUT2D eigenvalue weighted by Crippen LogP contribution is 2.54. The van der Waals surface area contributed by atoms with Crippen LogP contribution in [-0.4, -0.2) is 10.6 Å². The van der Waals surface area contributed by atoms with Gasteiger partial charge in [0, 0.05) is 39.7 Å². The molecular weight excluding hydrogens is 569 g/mol. The molecule has 0 saturated heterocycles. The fraction of sp³-hybridized carbons (Fsp3) is 0.156. The number of rotatable bonds is 3. The van der Waals surface area contributed by atoms with Gasteiger partial charge in [-0.05, 0) is 93.7 Å². The first-order valence-electron chi connectivity index (χ1n) is 16.9. The third-order valence-electron chi connectivity index (χ3n) is 11.4. The number of anilines is 2. The molecule has 2 heterocycles. The van der Waals surface area contributed by atoms with Crippen molar-refractivity contribution in [2.45, 2.75) is 37.1 Å². The molecule has 10 rings (SSSR count). The van der Waals surface area contributed by atoms with Crippen LogP contribution in [0.25, 0.3) is 38.6 Å². The highest BCUT2D eigenvalue weighted by molar-refractivity contribution is 6.10. The lowest BCUT2D eigenvalue weighted by molar-refractivity contribution is 0.394. The lowest BCUT2D eigenvalue weighted by Crippen LogP contribution is -2.28. The maximum Gasteiger partial charge on any atom is 0.0629 e. The Morgan fingerprint density at radius 3 is 2.15 bits per heavy atom. The van der Waals surface area contributed by atoms with Gasteiger partial charge in [0.05, 0.1) is 17.1 Å². The molecule has 5 aromatic carbocycles. The lowest BCUT2D eigenvalue weighted by Gasteiger charge is -2.29. The number of para-hydroxylation sites is 2. The minimum Gasteiger partial charge on any atom is -0.333 e. The van der Waals surface area contributed by atoms with E-state index in [0.29, 0.717) is 23.8 Å². The van der Waals surface area contributed by atoms with E-state index in [9.17, 15) is 0 Å². The van der Waals surface area contributed by atoms with E-state index in [0.717, 1.165) is 0 Å². The van der Waals surface area contributed by atoms with Crippen LogP contribution in [0, 0.1) is 5.92 Å². The molecule has 4 aliphatic rings. The number of benzene rings is 5. The summed E-state index contributed by atoms with van der Waals surface area (Å²) in [6, 6.07) is 41.3. The van der Waals surface area contributed by atoms with Crippen molar-refractivity contribution in [1.82, 2.24) is 4.57 Å². The molecule has 3 aliphatic carbocycles. The summed E-state index contributed by atoms with van der Waals surface area (Å²) in [6.07, 6.45) is 18.3. The molecule has 4 atom stereocenters. The SMILES string of the molecule is CC1(C)c2cc(-n3c4ccccc4c4cc(-c5ccc6c(c5)C5C=CC=CC5N6c5ccccc5)ccc43)ccc2C2C=CC=CC21. The van der Waals surface area contributed by atoms with Crippen molar-refractivity contribution in [2.75, 3.05) is 4.90 Å². The van der Waals surface area contributed by atoms with Crippen molar-refractivity contribution in [3.8, 4) is 16.8 Å². The predicted molar refractivity (Wildman–Crippen MR) is 197 cm³/mol. The minimum atomic E-state index is 0.0786. The quantitative estimate of drug-likeness (QED) is 0.195. The van der Waals surface area contributed by atoms with Gasteiger partial charge in [0.25, 0.3) is 0 Å². The molecule has 0 radical (unpaired) electrons. The lowest BCUT2D eigenvalue weighted by atomic mass is 9.74. The summed E-state index contributed by atoms with van der Waals surface area (Å²) >= 11 is 0. The molecule has 0 amide bonds. The summed E-state index contributed by atoms with van der Waals surface area (Å²) in [6.45, 7) is 4.83. The van der Waals surface area contributed by atoms with Gasteiger partial charge in [0.2, 0.25) is 0 Å². The van der Waals surface area contributed by atoms with E-state index in [-0.39, 0.29) is 5.41 Å². The summed E-state index contributed by atoms with van der Waals surface area (Å²) in [4.78, 5) is 2.50. The second kappa shape index (κ2) is 9.83. The van der Waals surface area contributed by atoms with E-state index in [2.05, 4.69) is 181 Å². The second-order valence-electron chi connectivity index (χ2n) is 14.2. The Balaban J connectivity index is 1.10. The van der Waals surface area contributed by atoms with Crippen LogP contribution in [0.4, 0.5) is 11.4 Å². The first kappa shape index (κ1) is 26.8. The molecule has 1 aromatic heterocycles. The fourth-order valence-corrected chi connectivity index (χ4v) is 9.15. The summed E-state index contributed by atoms with van der Waals surface area (Å²) in [5, 5.41) is 2.59. The number of hydrogen-bond acceptors (Lipinski definition) is 1. The van der Waals surface area contributed by atoms with Crippen molar-refractivity contribution in [1.29, 1.82) is 0 Å². The van der Waals surface area contributed by atoms with Gasteiger partial charge < -0.3 is 9.47 Å². The summed E-state index contributed by atoms with van der Waals surface area (Å²) in [7, 11) is 0. The summed E-state index contributed by atoms with van der Waals surface area (Å²) in [5.74, 6) is 1.29. The van der Waals surface area contributed by atoms with Crippen LogP contribution >= 0.6 is 0 Å². The Hall–Kier alpha value is -5.34. The fourth-order valence-electron chi connectivity index (χ4n) is 9.15. The van der Waals surface area contributed by atoms with Gasteiger partial charge in [-0.3, -0.25) is 0 Å².